The first-order chi connectivity index (χ1) is 24.6. The molecule has 3 aliphatic heterocycles. The summed E-state index contributed by atoms with van der Waals surface area (Å²) in [5, 5.41) is 103. The Balaban J connectivity index is 1.35. The molecule has 18 heteroatoms. The van der Waals surface area contributed by atoms with Gasteiger partial charge in [0.15, 0.2) is 29.8 Å². The van der Waals surface area contributed by atoms with Crippen LogP contribution in [0.25, 0.3) is 22.3 Å². The van der Waals surface area contributed by atoms with Gasteiger partial charge < -0.3 is 83.9 Å². The first kappa shape index (κ1) is 38.0. The molecule has 3 aliphatic rings. The topological polar surface area (TPSA) is 288 Å². The molecule has 4 heterocycles. The van der Waals surface area contributed by atoms with Crippen LogP contribution < -0.4 is 10.2 Å². The summed E-state index contributed by atoms with van der Waals surface area (Å²) in [5.41, 5.74) is -1.14. The second-order valence-electron chi connectivity index (χ2n) is 13.4. The third kappa shape index (κ3) is 7.64. The number of rotatable bonds is 9. The Morgan fingerprint density at radius 1 is 0.846 bits per heavy atom. The Bertz CT molecular complexity index is 1790. The number of aromatic hydroxyl groups is 4. The number of fused-ring (bicyclic) bond motifs is 1. The fourth-order valence-corrected chi connectivity index (χ4v) is 6.65. The maximum Gasteiger partial charge on any atom is 0.239 e. The van der Waals surface area contributed by atoms with Crippen LogP contribution in [-0.4, -0.2) is 138 Å². The van der Waals surface area contributed by atoms with Crippen LogP contribution in [0, 0.1) is 0 Å². The SMILES string of the molecule is CC1O[C@@H](OCC2O[C@@](C)(Oc3c(-c4ccc(O)c(O)c4)oc4cc(O)cc(O)c4c3=O)CC(O)[C@@H]2O[C@H]2CC(O)[C@H](O)C(CO)O2)CC(O)[C@H]1O. The highest BCUT2D eigenvalue weighted by Crippen LogP contribution is 2.42. The van der Waals surface area contributed by atoms with Crippen LogP contribution in [0.3, 0.4) is 0 Å². The second-order valence-corrected chi connectivity index (χ2v) is 13.4. The number of ether oxygens (including phenoxy) is 6. The quantitative estimate of drug-likeness (QED) is 0.125. The smallest absolute Gasteiger partial charge is 0.239 e. The molecule has 1 aromatic heterocycles. The molecule has 12 atom stereocenters. The van der Waals surface area contributed by atoms with E-state index in [1.165, 1.54) is 13.0 Å². The molecule has 0 amide bonds. The zero-order valence-corrected chi connectivity index (χ0v) is 28.0. The van der Waals surface area contributed by atoms with Crippen LogP contribution >= 0.6 is 0 Å². The number of phenolic OH excluding ortho intramolecular Hbond substituents is 4. The van der Waals surface area contributed by atoms with E-state index in [9.17, 15) is 55.9 Å². The summed E-state index contributed by atoms with van der Waals surface area (Å²) in [6, 6.07) is 5.52. The lowest BCUT2D eigenvalue weighted by atomic mass is 9.95. The largest absolute Gasteiger partial charge is 0.508 e. The molecule has 18 nitrogen and oxygen atoms in total. The molecular weight excluding hydrogens is 696 g/mol. The molecule has 0 radical (unpaired) electrons. The number of hydrogen-bond donors (Lipinski definition) is 10. The lowest BCUT2D eigenvalue weighted by Crippen LogP contribution is -2.60. The van der Waals surface area contributed by atoms with Gasteiger partial charge in [0.2, 0.25) is 17.0 Å². The zero-order chi connectivity index (χ0) is 37.6. The van der Waals surface area contributed by atoms with Crippen molar-refractivity contribution in [1.82, 2.24) is 0 Å². The maximum atomic E-state index is 14.0. The van der Waals surface area contributed by atoms with E-state index < -0.39 is 127 Å². The van der Waals surface area contributed by atoms with Gasteiger partial charge in [0.1, 0.15) is 53.0 Å². The van der Waals surface area contributed by atoms with Gasteiger partial charge in [-0.3, -0.25) is 4.79 Å². The average molecular weight is 739 g/mol. The average Bonchev–Trinajstić information content (AvgIpc) is 3.07. The Kier molecular flexibility index (Phi) is 10.9. The molecule has 3 saturated heterocycles. The fourth-order valence-electron chi connectivity index (χ4n) is 6.65. The van der Waals surface area contributed by atoms with Gasteiger partial charge in [-0.15, -0.1) is 0 Å². The molecule has 10 N–H and O–H groups in total. The van der Waals surface area contributed by atoms with E-state index >= 15 is 0 Å². The first-order valence-electron chi connectivity index (χ1n) is 16.6. The number of aliphatic hydroxyl groups excluding tert-OH is 6. The Morgan fingerprint density at radius 2 is 1.56 bits per heavy atom. The summed E-state index contributed by atoms with van der Waals surface area (Å²) in [6.45, 7) is 1.89. The van der Waals surface area contributed by atoms with Crippen LogP contribution in [-0.2, 0) is 23.7 Å². The van der Waals surface area contributed by atoms with Crippen molar-refractivity contribution in [1.29, 1.82) is 0 Å². The Morgan fingerprint density at radius 3 is 2.25 bits per heavy atom. The lowest BCUT2D eigenvalue weighted by Gasteiger charge is -2.47. The predicted molar refractivity (Wildman–Crippen MR) is 173 cm³/mol. The molecule has 3 aromatic rings. The molecule has 6 rings (SSSR count). The standard InChI is InChI=1S/C34H42O18/c1-13-28(43)19(40)8-25(47-13)46-12-24-32(50-26-9-20(41)29(44)23(11-35)48-26)21(42)10-34(2,51-24)52-33-30(45)27-18(39)6-15(36)7-22(27)49-31(33)14-3-4-16(37)17(38)5-14/h3-7,13,19-21,23-26,28-29,32,35-44H,8-12H2,1-2H3/t13?,19?,20?,21?,23?,24?,25-,26+,28+,29+,32+,34+/m1/s1. The first-order valence-corrected chi connectivity index (χ1v) is 16.6. The van der Waals surface area contributed by atoms with Crippen molar-refractivity contribution >= 4 is 11.0 Å². The van der Waals surface area contributed by atoms with Gasteiger partial charge in [0, 0.05) is 43.9 Å². The van der Waals surface area contributed by atoms with Crippen molar-refractivity contribution in [2.45, 2.75) is 106 Å². The van der Waals surface area contributed by atoms with E-state index in [-0.39, 0.29) is 35.1 Å². The predicted octanol–water partition coefficient (Wildman–Crippen LogP) is -0.385. The minimum absolute atomic E-state index is 0.0335. The van der Waals surface area contributed by atoms with E-state index in [1.54, 1.807) is 6.92 Å². The molecule has 0 spiro atoms. The molecule has 0 bridgehead atoms. The van der Waals surface area contributed by atoms with Crippen molar-refractivity contribution in [2.75, 3.05) is 13.2 Å². The number of hydrogen-bond acceptors (Lipinski definition) is 18. The van der Waals surface area contributed by atoms with Gasteiger partial charge in [0.05, 0.1) is 37.6 Å². The van der Waals surface area contributed by atoms with Crippen LogP contribution in [0.1, 0.15) is 33.1 Å². The second kappa shape index (κ2) is 14.9. The summed E-state index contributed by atoms with van der Waals surface area (Å²) < 4.78 is 41.7. The maximum absolute atomic E-state index is 14.0. The summed E-state index contributed by atoms with van der Waals surface area (Å²) in [7, 11) is 0. The van der Waals surface area contributed by atoms with E-state index in [2.05, 4.69) is 0 Å². The van der Waals surface area contributed by atoms with Gasteiger partial charge in [-0.05, 0) is 25.1 Å². The third-order valence-corrected chi connectivity index (χ3v) is 9.35. The molecule has 2 aromatic carbocycles. The molecule has 6 unspecified atom stereocenters. The minimum Gasteiger partial charge on any atom is -0.508 e. The van der Waals surface area contributed by atoms with Gasteiger partial charge in [-0.2, -0.15) is 0 Å². The number of aliphatic hydroxyl groups is 6. The molecule has 286 valence electrons. The molecule has 0 saturated carbocycles. The fraction of sp³-hybridized carbons (Fsp3) is 0.559. The van der Waals surface area contributed by atoms with Crippen molar-refractivity contribution in [3.05, 3.63) is 40.6 Å². The van der Waals surface area contributed by atoms with Crippen molar-refractivity contribution in [3.8, 4) is 40.1 Å². The lowest BCUT2D eigenvalue weighted by molar-refractivity contribution is -0.341. The highest BCUT2D eigenvalue weighted by atomic mass is 16.8. The highest BCUT2D eigenvalue weighted by Gasteiger charge is 2.50. The Labute approximate surface area is 295 Å². The van der Waals surface area contributed by atoms with Gasteiger partial charge in [0.25, 0.3) is 0 Å². The van der Waals surface area contributed by atoms with Crippen molar-refractivity contribution in [2.24, 2.45) is 0 Å². The number of phenols is 4. The molecule has 0 aliphatic carbocycles. The zero-order valence-electron chi connectivity index (χ0n) is 28.0. The van der Waals surface area contributed by atoms with Crippen LogP contribution in [0.5, 0.6) is 28.7 Å². The Hall–Kier alpha value is -3.79. The third-order valence-electron chi connectivity index (χ3n) is 9.35. The normalized spacial score (nSPS) is 35.4. The summed E-state index contributed by atoms with van der Waals surface area (Å²) in [6.07, 6.45) is -14.1. The summed E-state index contributed by atoms with van der Waals surface area (Å²) in [4.78, 5) is 14.0. The van der Waals surface area contributed by atoms with Crippen molar-refractivity contribution < 1.29 is 83.9 Å². The number of benzene rings is 2. The molecular formula is C34H42O18. The molecule has 3 fully saturated rings. The van der Waals surface area contributed by atoms with Crippen molar-refractivity contribution in [3.63, 3.8) is 0 Å². The van der Waals surface area contributed by atoms with Gasteiger partial charge in [-0.1, -0.05) is 0 Å². The van der Waals surface area contributed by atoms with E-state index in [4.69, 9.17) is 32.8 Å². The van der Waals surface area contributed by atoms with Crippen LogP contribution in [0.15, 0.2) is 39.5 Å². The summed E-state index contributed by atoms with van der Waals surface area (Å²) >= 11 is 0. The van der Waals surface area contributed by atoms with Crippen LogP contribution in [0.2, 0.25) is 0 Å². The van der Waals surface area contributed by atoms with Gasteiger partial charge >= 0.3 is 0 Å². The minimum atomic E-state index is -1.90. The highest BCUT2D eigenvalue weighted by molar-refractivity contribution is 5.88. The van der Waals surface area contributed by atoms with Crippen LogP contribution in [0.4, 0.5) is 0 Å². The monoisotopic (exact) mass is 738 g/mol. The van der Waals surface area contributed by atoms with E-state index in [0.29, 0.717) is 0 Å². The van der Waals surface area contributed by atoms with Gasteiger partial charge in [-0.25, -0.2) is 0 Å². The van der Waals surface area contributed by atoms with E-state index in [0.717, 1.165) is 24.3 Å². The van der Waals surface area contributed by atoms with E-state index in [1.807, 2.05) is 0 Å². The molecule has 52 heavy (non-hydrogen) atoms. The summed E-state index contributed by atoms with van der Waals surface area (Å²) in [5.74, 6) is -4.86.